The molecule has 1 amide bonds. The molecule has 0 heterocycles. The molecule has 6 nitrogen and oxygen atoms in total. The third kappa shape index (κ3) is 7.73. The van der Waals surface area contributed by atoms with Gasteiger partial charge in [0.2, 0.25) is 15.9 Å². The molecule has 1 aromatic rings. The maximum absolute atomic E-state index is 12.0. The summed E-state index contributed by atoms with van der Waals surface area (Å²) in [6.07, 6.45) is 4.43. The van der Waals surface area contributed by atoms with E-state index in [0.717, 1.165) is 31.2 Å². The van der Waals surface area contributed by atoms with Crippen molar-refractivity contribution in [1.29, 1.82) is 0 Å². The number of hydrogen-bond donors (Lipinski definition) is 2. The standard InChI is InChI=1S/C17H29N3O3S.ClH/c1-14(19-17(21)8-6-4-5-7-13-18)15-9-11-16(12-10-15)24(22,23)20(2)3;/h9-12,14H,4-8,13,18H2,1-3H3,(H,19,21);1H. The topological polar surface area (TPSA) is 92.5 Å². The van der Waals surface area contributed by atoms with Crippen molar-refractivity contribution >= 4 is 28.3 Å². The molecular formula is C17H30ClN3O3S. The minimum atomic E-state index is -3.43. The Hall–Kier alpha value is -1.15. The van der Waals surface area contributed by atoms with E-state index in [4.69, 9.17) is 5.73 Å². The van der Waals surface area contributed by atoms with Gasteiger partial charge < -0.3 is 11.1 Å². The van der Waals surface area contributed by atoms with E-state index in [1.807, 2.05) is 6.92 Å². The molecule has 25 heavy (non-hydrogen) atoms. The number of hydrogen-bond acceptors (Lipinski definition) is 4. The van der Waals surface area contributed by atoms with Crippen LogP contribution in [-0.4, -0.2) is 39.3 Å². The van der Waals surface area contributed by atoms with E-state index in [0.29, 0.717) is 13.0 Å². The fraction of sp³-hybridized carbons (Fsp3) is 0.588. The summed E-state index contributed by atoms with van der Waals surface area (Å²) in [6, 6.07) is 6.46. The first-order valence-electron chi connectivity index (χ1n) is 8.31. The molecule has 0 fully saturated rings. The number of nitrogens with one attached hydrogen (secondary N) is 1. The highest BCUT2D eigenvalue weighted by atomic mass is 35.5. The van der Waals surface area contributed by atoms with E-state index in [9.17, 15) is 13.2 Å². The lowest BCUT2D eigenvalue weighted by Crippen LogP contribution is -2.26. The van der Waals surface area contributed by atoms with Crippen molar-refractivity contribution in [2.75, 3.05) is 20.6 Å². The summed E-state index contributed by atoms with van der Waals surface area (Å²) in [5, 5.41) is 2.94. The van der Waals surface area contributed by atoms with Crippen molar-refractivity contribution in [2.24, 2.45) is 5.73 Å². The lowest BCUT2D eigenvalue weighted by molar-refractivity contribution is -0.121. The Kier molecular flexibility index (Phi) is 10.9. The van der Waals surface area contributed by atoms with Crippen LogP contribution < -0.4 is 11.1 Å². The van der Waals surface area contributed by atoms with E-state index < -0.39 is 10.0 Å². The highest BCUT2D eigenvalue weighted by Gasteiger charge is 2.17. The van der Waals surface area contributed by atoms with Crippen LogP contribution in [0.4, 0.5) is 0 Å². The second-order valence-electron chi connectivity index (χ2n) is 6.10. The second-order valence-corrected chi connectivity index (χ2v) is 8.25. The Morgan fingerprint density at radius 3 is 2.20 bits per heavy atom. The number of sulfonamides is 1. The molecule has 0 aliphatic carbocycles. The molecule has 0 bridgehead atoms. The number of benzene rings is 1. The maximum atomic E-state index is 12.0. The highest BCUT2D eigenvalue weighted by molar-refractivity contribution is 7.89. The van der Waals surface area contributed by atoms with Crippen LogP contribution in [0, 0.1) is 0 Å². The molecule has 0 saturated carbocycles. The van der Waals surface area contributed by atoms with Crippen molar-refractivity contribution in [3.05, 3.63) is 29.8 Å². The van der Waals surface area contributed by atoms with Crippen LogP contribution in [0.2, 0.25) is 0 Å². The van der Waals surface area contributed by atoms with Gasteiger partial charge in [-0.05, 0) is 44.0 Å². The predicted octanol–water partition coefficient (Wildman–Crippen LogP) is 2.45. The summed E-state index contributed by atoms with van der Waals surface area (Å²) in [7, 11) is -0.426. The Labute approximate surface area is 157 Å². The summed E-state index contributed by atoms with van der Waals surface area (Å²) in [4.78, 5) is 12.2. The summed E-state index contributed by atoms with van der Waals surface area (Å²) in [5.74, 6) is 0.0141. The molecule has 0 spiro atoms. The molecule has 144 valence electrons. The van der Waals surface area contributed by atoms with Crippen molar-refractivity contribution in [2.45, 2.75) is 50.0 Å². The van der Waals surface area contributed by atoms with Crippen molar-refractivity contribution in [3.63, 3.8) is 0 Å². The third-order valence-corrected chi connectivity index (χ3v) is 5.72. The Bertz CT molecular complexity index is 619. The van der Waals surface area contributed by atoms with Crippen LogP contribution in [0.3, 0.4) is 0 Å². The first-order chi connectivity index (χ1) is 11.3. The molecule has 3 N–H and O–H groups in total. The van der Waals surface area contributed by atoms with Crippen molar-refractivity contribution < 1.29 is 13.2 Å². The van der Waals surface area contributed by atoms with Crippen LogP contribution in [0.25, 0.3) is 0 Å². The number of carbonyl (C=O) groups excluding carboxylic acids is 1. The molecule has 1 aromatic carbocycles. The Balaban J connectivity index is 0.00000576. The van der Waals surface area contributed by atoms with E-state index in [1.165, 1.54) is 18.4 Å². The summed E-state index contributed by atoms with van der Waals surface area (Å²) in [6.45, 7) is 2.59. The fourth-order valence-electron chi connectivity index (χ4n) is 2.32. The van der Waals surface area contributed by atoms with Crippen LogP contribution in [0.5, 0.6) is 0 Å². The second kappa shape index (κ2) is 11.5. The van der Waals surface area contributed by atoms with Gasteiger partial charge in [-0.3, -0.25) is 4.79 Å². The van der Waals surface area contributed by atoms with Crippen molar-refractivity contribution in [3.8, 4) is 0 Å². The molecule has 0 radical (unpaired) electrons. The van der Waals surface area contributed by atoms with Gasteiger partial charge in [-0.2, -0.15) is 0 Å². The minimum Gasteiger partial charge on any atom is -0.350 e. The van der Waals surface area contributed by atoms with Gasteiger partial charge in [0, 0.05) is 20.5 Å². The number of carbonyl (C=O) groups is 1. The largest absolute Gasteiger partial charge is 0.350 e. The quantitative estimate of drug-likeness (QED) is 0.599. The zero-order valence-corrected chi connectivity index (χ0v) is 16.8. The predicted molar refractivity (Wildman–Crippen MR) is 103 cm³/mol. The lowest BCUT2D eigenvalue weighted by Gasteiger charge is -2.16. The normalized spacial score (nSPS) is 12.5. The molecule has 0 saturated heterocycles. The molecular weight excluding hydrogens is 362 g/mol. The Morgan fingerprint density at radius 2 is 1.68 bits per heavy atom. The highest BCUT2D eigenvalue weighted by Crippen LogP contribution is 2.18. The molecule has 8 heteroatoms. The first kappa shape index (κ1) is 23.9. The van der Waals surface area contributed by atoms with Crippen LogP contribution in [0.15, 0.2) is 29.2 Å². The van der Waals surface area contributed by atoms with E-state index >= 15 is 0 Å². The summed E-state index contributed by atoms with van der Waals surface area (Å²) < 4.78 is 25.2. The van der Waals surface area contributed by atoms with Crippen LogP contribution in [0.1, 0.15) is 50.6 Å². The monoisotopic (exact) mass is 391 g/mol. The van der Waals surface area contributed by atoms with Crippen LogP contribution >= 0.6 is 12.4 Å². The summed E-state index contributed by atoms with van der Waals surface area (Å²) >= 11 is 0. The lowest BCUT2D eigenvalue weighted by atomic mass is 10.1. The van der Waals surface area contributed by atoms with Gasteiger partial charge in [0.1, 0.15) is 0 Å². The SMILES string of the molecule is CC(NC(=O)CCCCCCN)c1ccc(S(=O)(=O)N(C)C)cc1.Cl. The number of rotatable bonds is 10. The first-order valence-corrected chi connectivity index (χ1v) is 9.75. The molecule has 1 unspecified atom stereocenters. The molecule has 1 rings (SSSR count). The van der Waals surface area contributed by atoms with E-state index in [2.05, 4.69) is 5.32 Å². The molecule has 0 aliphatic rings. The number of nitrogens with two attached hydrogens (primary N) is 1. The van der Waals surface area contributed by atoms with E-state index in [-0.39, 0.29) is 29.3 Å². The molecule has 0 aliphatic heterocycles. The molecule has 0 aromatic heterocycles. The smallest absolute Gasteiger partial charge is 0.242 e. The number of nitrogens with zero attached hydrogens (tertiary/aromatic N) is 1. The van der Waals surface area contributed by atoms with Gasteiger partial charge in [0.25, 0.3) is 0 Å². The van der Waals surface area contributed by atoms with E-state index in [1.54, 1.807) is 24.3 Å². The van der Waals surface area contributed by atoms with Gasteiger partial charge in [-0.1, -0.05) is 25.0 Å². The zero-order chi connectivity index (χ0) is 18.2. The van der Waals surface area contributed by atoms with Gasteiger partial charge in [-0.15, -0.1) is 12.4 Å². The van der Waals surface area contributed by atoms with Crippen LogP contribution in [-0.2, 0) is 14.8 Å². The zero-order valence-electron chi connectivity index (χ0n) is 15.2. The average Bonchev–Trinajstić information content (AvgIpc) is 2.54. The van der Waals surface area contributed by atoms with Gasteiger partial charge in [-0.25, -0.2) is 12.7 Å². The summed E-state index contributed by atoms with van der Waals surface area (Å²) in [5.41, 5.74) is 6.31. The van der Waals surface area contributed by atoms with Gasteiger partial charge in [0.05, 0.1) is 10.9 Å². The third-order valence-electron chi connectivity index (χ3n) is 3.89. The van der Waals surface area contributed by atoms with Gasteiger partial charge in [0.15, 0.2) is 0 Å². The van der Waals surface area contributed by atoms with Gasteiger partial charge >= 0.3 is 0 Å². The minimum absolute atomic E-state index is 0. The fourth-order valence-corrected chi connectivity index (χ4v) is 3.22. The Morgan fingerprint density at radius 1 is 1.12 bits per heavy atom. The van der Waals surface area contributed by atoms with Crippen molar-refractivity contribution in [1.82, 2.24) is 9.62 Å². The molecule has 1 atom stereocenters. The maximum Gasteiger partial charge on any atom is 0.242 e. The number of halogens is 1. The number of unbranched alkanes of at least 4 members (excludes halogenated alkanes) is 3. The average molecular weight is 392 g/mol. The number of amides is 1.